The lowest BCUT2D eigenvalue weighted by Gasteiger charge is -2.36. The lowest BCUT2D eigenvalue weighted by atomic mass is 10.0. The van der Waals surface area contributed by atoms with E-state index in [2.05, 4.69) is 23.4 Å². The average molecular weight is 296 g/mol. The second-order valence-electron chi connectivity index (χ2n) is 6.63. The summed E-state index contributed by atoms with van der Waals surface area (Å²) < 4.78 is 0. The number of amides is 1. The van der Waals surface area contributed by atoms with Crippen LogP contribution in [0.15, 0.2) is 0 Å². The summed E-state index contributed by atoms with van der Waals surface area (Å²) in [4.78, 5) is 15.1. The minimum Gasteiger partial charge on any atom is -0.321 e. The van der Waals surface area contributed by atoms with Crippen molar-refractivity contribution in [2.24, 2.45) is 5.92 Å². The molecule has 0 aromatic heterocycles. The molecular weight excluding hydrogens is 268 g/mol. The molecule has 1 heterocycles. The highest BCUT2D eigenvalue weighted by atomic mass is 32.2. The summed E-state index contributed by atoms with van der Waals surface area (Å²) in [5.41, 5.74) is 0. The average Bonchev–Trinajstić information content (AvgIpc) is 3.17. The molecule has 1 aliphatic heterocycles. The van der Waals surface area contributed by atoms with Gasteiger partial charge in [0.1, 0.15) is 0 Å². The van der Waals surface area contributed by atoms with Crippen molar-refractivity contribution in [1.82, 2.24) is 10.2 Å². The molecule has 0 spiro atoms. The van der Waals surface area contributed by atoms with Crippen LogP contribution in [0, 0.1) is 5.92 Å². The Morgan fingerprint density at radius 1 is 1.20 bits per heavy atom. The van der Waals surface area contributed by atoms with E-state index in [-0.39, 0.29) is 6.04 Å². The molecule has 0 bridgehead atoms. The van der Waals surface area contributed by atoms with Crippen molar-refractivity contribution in [2.45, 2.75) is 81.8 Å². The van der Waals surface area contributed by atoms with Crippen LogP contribution in [0.5, 0.6) is 0 Å². The van der Waals surface area contributed by atoms with E-state index in [1.165, 1.54) is 44.9 Å². The zero-order valence-corrected chi connectivity index (χ0v) is 13.6. The van der Waals surface area contributed by atoms with Gasteiger partial charge in [0.05, 0.1) is 12.2 Å². The Labute approximate surface area is 127 Å². The second kappa shape index (κ2) is 6.27. The van der Waals surface area contributed by atoms with Gasteiger partial charge in [-0.15, -0.1) is 0 Å². The Morgan fingerprint density at radius 3 is 2.60 bits per heavy atom. The van der Waals surface area contributed by atoms with Gasteiger partial charge in [-0.2, -0.15) is 11.8 Å². The Balaban J connectivity index is 1.81. The van der Waals surface area contributed by atoms with Gasteiger partial charge in [-0.05, 0) is 44.3 Å². The summed E-state index contributed by atoms with van der Waals surface area (Å²) in [5, 5.41) is 4.32. The predicted octanol–water partition coefficient (Wildman–Crippen LogP) is 3.00. The fourth-order valence-electron chi connectivity index (χ4n) is 4.47. The Bertz CT molecular complexity index is 356. The van der Waals surface area contributed by atoms with Crippen LogP contribution >= 0.6 is 11.8 Å². The predicted molar refractivity (Wildman–Crippen MR) is 84.7 cm³/mol. The maximum atomic E-state index is 12.8. The number of nitrogens with zero attached hydrogens (tertiary/aromatic N) is 1. The molecule has 3 aliphatic rings. The molecular formula is C16H28N2OS. The number of hydrogen-bond acceptors (Lipinski definition) is 3. The smallest absolute Gasteiger partial charge is 0.241 e. The molecule has 3 rings (SSSR count). The van der Waals surface area contributed by atoms with Crippen LogP contribution < -0.4 is 5.32 Å². The van der Waals surface area contributed by atoms with E-state index in [1.54, 1.807) is 0 Å². The minimum absolute atomic E-state index is 0.0729. The first kappa shape index (κ1) is 14.7. The van der Waals surface area contributed by atoms with Gasteiger partial charge < -0.3 is 4.90 Å². The highest BCUT2D eigenvalue weighted by Crippen LogP contribution is 2.39. The number of carbonyl (C=O) groups is 1. The summed E-state index contributed by atoms with van der Waals surface area (Å²) in [7, 11) is 0. The molecule has 1 N–H and O–H groups in total. The molecule has 0 aromatic rings. The number of nitrogens with one attached hydrogen (secondary N) is 1. The molecule has 4 atom stereocenters. The first-order valence-corrected chi connectivity index (χ1v) is 9.66. The molecule has 1 amide bonds. The third-order valence-electron chi connectivity index (χ3n) is 5.56. The Hall–Kier alpha value is -0.220. The normalized spacial score (nSPS) is 39.1. The highest BCUT2D eigenvalue weighted by molar-refractivity contribution is 7.99. The summed E-state index contributed by atoms with van der Waals surface area (Å²) in [6.07, 6.45) is 12.5. The molecule has 20 heavy (non-hydrogen) atoms. The van der Waals surface area contributed by atoms with Crippen molar-refractivity contribution in [3.63, 3.8) is 0 Å². The molecule has 1 saturated heterocycles. The maximum Gasteiger partial charge on any atom is 0.241 e. The van der Waals surface area contributed by atoms with Gasteiger partial charge in [0, 0.05) is 11.3 Å². The van der Waals surface area contributed by atoms with Gasteiger partial charge in [0.25, 0.3) is 0 Å². The van der Waals surface area contributed by atoms with E-state index in [1.807, 2.05) is 11.8 Å². The van der Waals surface area contributed by atoms with E-state index in [0.717, 1.165) is 6.42 Å². The van der Waals surface area contributed by atoms with E-state index in [4.69, 9.17) is 0 Å². The lowest BCUT2D eigenvalue weighted by molar-refractivity contribution is -0.132. The number of hydrogen-bond donors (Lipinski definition) is 1. The highest BCUT2D eigenvalue weighted by Gasteiger charge is 2.48. The minimum atomic E-state index is 0.0729. The molecule has 2 saturated carbocycles. The first-order valence-electron chi connectivity index (χ1n) is 8.37. The third-order valence-corrected chi connectivity index (χ3v) is 6.71. The van der Waals surface area contributed by atoms with Crippen LogP contribution in [0.25, 0.3) is 0 Å². The van der Waals surface area contributed by atoms with Crippen molar-refractivity contribution < 1.29 is 4.79 Å². The van der Waals surface area contributed by atoms with Crippen LogP contribution in [-0.4, -0.2) is 40.6 Å². The van der Waals surface area contributed by atoms with Crippen molar-refractivity contribution in [3.05, 3.63) is 0 Å². The third kappa shape index (κ3) is 2.50. The van der Waals surface area contributed by atoms with Gasteiger partial charge >= 0.3 is 0 Å². The quantitative estimate of drug-likeness (QED) is 0.865. The zero-order valence-electron chi connectivity index (χ0n) is 12.8. The summed E-state index contributed by atoms with van der Waals surface area (Å²) in [6, 6.07) is 0.552. The summed E-state index contributed by atoms with van der Waals surface area (Å²) in [5.74, 6) is 1.08. The Morgan fingerprint density at radius 2 is 1.95 bits per heavy atom. The fourth-order valence-corrected chi connectivity index (χ4v) is 5.46. The summed E-state index contributed by atoms with van der Waals surface area (Å²) in [6.45, 7) is 2.13. The zero-order chi connectivity index (χ0) is 14.1. The number of carbonyl (C=O) groups excluding carboxylic acids is 1. The maximum absolute atomic E-state index is 12.8. The lowest BCUT2D eigenvalue weighted by Crippen LogP contribution is -2.50. The van der Waals surface area contributed by atoms with Crippen LogP contribution in [0.4, 0.5) is 0 Å². The van der Waals surface area contributed by atoms with Crippen LogP contribution in [-0.2, 0) is 4.79 Å². The van der Waals surface area contributed by atoms with Crippen LogP contribution in [0.1, 0.15) is 58.3 Å². The van der Waals surface area contributed by atoms with Crippen molar-refractivity contribution in [3.8, 4) is 0 Å². The van der Waals surface area contributed by atoms with Crippen LogP contribution in [0.3, 0.4) is 0 Å². The molecule has 4 unspecified atom stereocenters. The van der Waals surface area contributed by atoms with Crippen molar-refractivity contribution in [2.75, 3.05) is 6.26 Å². The first-order chi connectivity index (χ1) is 9.76. The fraction of sp³-hybridized carbons (Fsp3) is 0.938. The van der Waals surface area contributed by atoms with E-state index in [0.29, 0.717) is 29.3 Å². The van der Waals surface area contributed by atoms with Crippen molar-refractivity contribution >= 4 is 17.7 Å². The Kier molecular flexibility index (Phi) is 4.61. The van der Waals surface area contributed by atoms with Gasteiger partial charge in [0.2, 0.25) is 5.91 Å². The van der Waals surface area contributed by atoms with Gasteiger partial charge in [-0.25, -0.2) is 0 Å². The molecule has 0 aromatic carbocycles. The topological polar surface area (TPSA) is 32.3 Å². The van der Waals surface area contributed by atoms with Gasteiger partial charge in [0.15, 0.2) is 0 Å². The molecule has 0 radical (unpaired) electrons. The number of rotatable bonds is 4. The van der Waals surface area contributed by atoms with Gasteiger partial charge in [-0.3, -0.25) is 10.1 Å². The standard InChI is InChI=1S/C16H28N2OS/c1-3-12-16(19)18(13-9-6-10-14(13)20-2)15(17-12)11-7-4-5-8-11/h11-15,17H,3-10H2,1-2H3. The van der Waals surface area contributed by atoms with Gasteiger partial charge in [-0.1, -0.05) is 26.2 Å². The van der Waals surface area contributed by atoms with Crippen molar-refractivity contribution in [1.29, 1.82) is 0 Å². The van der Waals surface area contributed by atoms with E-state index >= 15 is 0 Å². The monoisotopic (exact) mass is 296 g/mol. The number of thioether (sulfide) groups is 1. The SMILES string of the molecule is CCC1NC(C2CCCC2)N(C2CCCC2SC)C1=O. The molecule has 114 valence electrons. The molecule has 3 fully saturated rings. The largest absolute Gasteiger partial charge is 0.321 e. The van der Waals surface area contributed by atoms with E-state index < -0.39 is 0 Å². The van der Waals surface area contributed by atoms with E-state index in [9.17, 15) is 4.79 Å². The molecule has 3 nitrogen and oxygen atoms in total. The molecule has 2 aliphatic carbocycles. The summed E-state index contributed by atoms with van der Waals surface area (Å²) >= 11 is 1.96. The van der Waals surface area contributed by atoms with Crippen LogP contribution in [0.2, 0.25) is 0 Å². The second-order valence-corrected chi connectivity index (χ2v) is 7.71. The molecule has 4 heteroatoms.